The first-order chi connectivity index (χ1) is 9.95. The van der Waals surface area contributed by atoms with E-state index in [0.717, 1.165) is 16.2 Å². The van der Waals surface area contributed by atoms with Crippen molar-refractivity contribution in [2.24, 2.45) is 5.92 Å². The Morgan fingerprint density at radius 3 is 2.38 bits per heavy atom. The van der Waals surface area contributed by atoms with Gasteiger partial charge in [-0.1, -0.05) is 20.8 Å². The first-order valence-electron chi connectivity index (χ1n) is 6.88. The molecule has 0 aromatic carbocycles. The van der Waals surface area contributed by atoms with Crippen LogP contribution in [0.5, 0.6) is 0 Å². The van der Waals surface area contributed by atoms with Crippen LogP contribution in [0.15, 0.2) is 0 Å². The van der Waals surface area contributed by atoms with Gasteiger partial charge in [0.2, 0.25) is 0 Å². The molecule has 21 heavy (non-hydrogen) atoms. The third kappa shape index (κ3) is 2.91. The Balaban J connectivity index is 2.16. The van der Waals surface area contributed by atoms with E-state index in [2.05, 4.69) is 15.5 Å². The average molecular weight is 294 g/mol. The van der Waals surface area contributed by atoms with Crippen LogP contribution in [0.2, 0.25) is 0 Å². The van der Waals surface area contributed by atoms with Gasteiger partial charge in [0.25, 0.3) is 0 Å². The smallest absolute Gasteiger partial charge is 0.263 e. The highest BCUT2D eigenvalue weighted by atomic mass is 16.2. The maximum atomic E-state index is 12.2. The number of hydrogen-bond acceptors (Lipinski definition) is 6. The largest absolute Gasteiger partial charge is 0.334 e. The molecule has 1 aromatic rings. The van der Waals surface area contributed by atoms with Gasteiger partial charge < -0.3 is 0 Å². The number of rotatable bonds is 6. The molecule has 114 valence electrons. The zero-order valence-corrected chi connectivity index (χ0v) is 12.3. The van der Waals surface area contributed by atoms with E-state index in [1.165, 1.54) is 4.68 Å². The zero-order chi connectivity index (χ0) is 15.6. The molecule has 0 N–H and O–H groups in total. The third-order valence-corrected chi connectivity index (χ3v) is 3.02. The number of carbonyl (C=O) groups excluding carboxylic acids is 3. The topological polar surface area (TPSA) is 101 Å². The standard InChI is InChI=1S/C12H18N6O3/c1-4-5-18-9(13-14-15-18)7-17-11(20)10(19)16(12(17)21)6-8(2)3/h8H,4-7H2,1-3H3. The van der Waals surface area contributed by atoms with Crippen molar-refractivity contribution >= 4 is 17.8 Å². The summed E-state index contributed by atoms with van der Waals surface area (Å²) in [5, 5.41) is 11.1. The van der Waals surface area contributed by atoms with Crippen LogP contribution >= 0.6 is 0 Å². The molecule has 0 aliphatic carbocycles. The van der Waals surface area contributed by atoms with E-state index < -0.39 is 17.8 Å². The summed E-state index contributed by atoms with van der Waals surface area (Å²) in [6.45, 7) is 6.42. The van der Waals surface area contributed by atoms with E-state index in [-0.39, 0.29) is 19.0 Å². The molecule has 9 nitrogen and oxygen atoms in total. The molecule has 0 unspecified atom stereocenters. The number of hydrogen-bond donors (Lipinski definition) is 0. The van der Waals surface area contributed by atoms with Crippen molar-refractivity contribution in [1.82, 2.24) is 30.0 Å². The number of nitrogens with zero attached hydrogens (tertiary/aromatic N) is 6. The predicted molar refractivity (Wildman–Crippen MR) is 70.6 cm³/mol. The molecule has 0 saturated carbocycles. The summed E-state index contributed by atoms with van der Waals surface area (Å²) < 4.78 is 1.52. The Labute approximate surface area is 121 Å². The van der Waals surface area contributed by atoms with Gasteiger partial charge in [0.05, 0.1) is 6.54 Å². The van der Waals surface area contributed by atoms with Gasteiger partial charge in [0, 0.05) is 13.1 Å². The molecule has 4 amide bonds. The van der Waals surface area contributed by atoms with Gasteiger partial charge >= 0.3 is 17.8 Å². The van der Waals surface area contributed by atoms with Crippen molar-refractivity contribution in [2.45, 2.75) is 40.3 Å². The van der Waals surface area contributed by atoms with E-state index in [4.69, 9.17) is 0 Å². The van der Waals surface area contributed by atoms with Crippen LogP contribution in [-0.2, 0) is 22.7 Å². The van der Waals surface area contributed by atoms with Crippen LogP contribution in [0.4, 0.5) is 4.79 Å². The summed E-state index contributed by atoms with van der Waals surface area (Å²) in [6, 6.07) is -0.607. The second kappa shape index (κ2) is 5.98. The highest BCUT2D eigenvalue weighted by Gasteiger charge is 2.44. The van der Waals surface area contributed by atoms with Gasteiger partial charge in [0.1, 0.15) is 0 Å². The Morgan fingerprint density at radius 2 is 1.76 bits per heavy atom. The number of imide groups is 2. The number of aryl methyl sites for hydroxylation is 1. The third-order valence-electron chi connectivity index (χ3n) is 3.02. The number of carbonyl (C=O) groups is 3. The molecule has 9 heteroatoms. The summed E-state index contributed by atoms with van der Waals surface area (Å²) in [6.07, 6.45) is 0.818. The van der Waals surface area contributed by atoms with Crippen LogP contribution in [-0.4, -0.2) is 54.4 Å². The molecule has 1 aliphatic heterocycles. The lowest BCUT2D eigenvalue weighted by atomic mass is 10.2. The average Bonchev–Trinajstić information content (AvgIpc) is 2.94. The Morgan fingerprint density at radius 1 is 1.10 bits per heavy atom. The number of aromatic nitrogens is 4. The maximum Gasteiger partial charge on any atom is 0.334 e. The first-order valence-corrected chi connectivity index (χ1v) is 6.88. The second-order valence-electron chi connectivity index (χ2n) is 5.30. The summed E-state index contributed by atoms with van der Waals surface area (Å²) in [5.41, 5.74) is 0. The highest BCUT2D eigenvalue weighted by molar-refractivity contribution is 6.44. The lowest BCUT2D eigenvalue weighted by molar-refractivity contribution is -0.143. The van der Waals surface area contributed by atoms with Gasteiger partial charge in [-0.15, -0.1) is 5.10 Å². The fourth-order valence-electron chi connectivity index (χ4n) is 2.08. The van der Waals surface area contributed by atoms with Gasteiger partial charge in [-0.05, 0) is 22.8 Å². The lowest BCUT2D eigenvalue weighted by Gasteiger charge is -2.16. The van der Waals surface area contributed by atoms with Crippen molar-refractivity contribution in [3.63, 3.8) is 0 Å². The quantitative estimate of drug-likeness (QED) is 0.542. The van der Waals surface area contributed by atoms with E-state index in [0.29, 0.717) is 12.4 Å². The summed E-state index contributed by atoms with van der Waals surface area (Å²) in [5.74, 6) is -1.14. The molecule has 1 aromatic heterocycles. The molecule has 2 heterocycles. The number of tetrazole rings is 1. The minimum Gasteiger partial charge on any atom is -0.263 e. The lowest BCUT2D eigenvalue weighted by Crippen LogP contribution is -2.35. The highest BCUT2D eigenvalue weighted by Crippen LogP contribution is 2.16. The van der Waals surface area contributed by atoms with Crippen LogP contribution in [0.1, 0.15) is 33.0 Å². The Hall–Kier alpha value is -2.32. The molecular formula is C12H18N6O3. The van der Waals surface area contributed by atoms with E-state index in [1.807, 2.05) is 20.8 Å². The van der Waals surface area contributed by atoms with E-state index in [1.54, 1.807) is 0 Å². The fourth-order valence-corrected chi connectivity index (χ4v) is 2.08. The van der Waals surface area contributed by atoms with Crippen LogP contribution in [0.25, 0.3) is 0 Å². The number of amides is 4. The minimum absolute atomic E-state index is 0.0923. The summed E-state index contributed by atoms with van der Waals surface area (Å²) >= 11 is 0. The second-order valence-corrected chi connectivity index (χ2v) is 5.30. The molecular weight excluding hydrogens is 276 g/mol. The van der Waals surface area contributed by atoms with Crippen LogP contribution in [0.3, 0.4) is 0 Å². The van der Waals surface area contributed by atoms with Crippen molar-refractivity contribution < 1.29 is 14.4 Å². The minimum atomic E-state index is -0.827. The molecule has 0 spiro atoms. The van der Waals surface area contributed by atoms with Crippen molar-refractivity contribution in [3.05, 3.63) is 5.82 Å². The molecule has 1 aliphatic rings. The van der Waals surface area contributed by atoms with Gasteiger partial charge in [-0.25, -0.2) is 14.4 Å². The molecule has 1 fully saturated rings. The first kappa shape index (κ1) is 15.1. The van der Waals surface area contributed by atoms with E-state index in [9.17, 15) is 14.4 Å². The van der Waals surface area contributed by atoms with Crippen LogP contribution < -0.4 is 0 Å². The van der Waals surface area contributed by atoms with E-state index >= 15 is 0 Å². The van der Waals surface area contributed by atoms with Crippen molar-refractivity contribution in [3.8, 4) is 0 Å². The molecule has 0 atom stereocenters. The fraction of sp³-hybridized carbons (Fsp3) is 0.667. The molecule has 1 saturated heterocycles. The van der Waals surface area contributed by atoms with Crippen molar-refractivity contribution in [2.75, 3.05) is 6.54 Å². The van der Waals surface area contributed by atoms with Gasteiger partial charge in [-0.3, -0.25) is 14.5 Å². The van der Waals surface area contributed by atoms with Crippen LogP contribution in [0, 0.1) is 5.92 Å². The normalized spacial score (nSPS) is 15.7. The monoisotopic (exact) mass is 294 g/mol. The SMILES string of the molecule is CCCn1nnnc1CN1C(=O)C(=O)N(CC(C)C)C1=O. The molecule has 0 bridgehead atoms. The Kier molecular flexibility index (Phi) is 4.29. The predicted octanol–water partition coefficient (Wildman–Crippen LogP) is 0.0299. The zero-order valence-electron chi connectivity index (χ0n) is 12.3. The van der Waals surface area contributed by atoms with Gasteiger partial charge in [-0.2, -0.15) is 0 Å². The van der Waals surface area contributed by atoms with Gasteiger partial charge in [0.15, 0.2) is 5.82 Å². The number of urea groups is 1. The van der Waals surface area contributed by atoms with Crippen molar-refractivity contribution in [1.29, 1.82) is 0 Å². The molecule has 2 rings (SSSR count). The summed E-state index contributed by atoms with van der Waals surface area (Å²) in [4.78, 5) is 37.8. The molecule has 0 radical (unpaired) electrons. The Bertz CT molecular complexity index is 567. The summed E-state index contributed by atoms with van der Waals surface area (Å²) in [7, 11) is 0. The maximum absolute atomic E-state index is 12.2.